The summed E-state index contributed by atoms with van der Waals surface area (Å²) in [6, 6.07) is 0.706. The Kier molecular flexibility index (Phi) is 3.84. The van der Waals surface area contributed by atoms with Gasteiger partial charge in [0.2, 0.25) is 0 Å². The monoisotopic (exact) mass is 239 g/mol. The van der Waals surface area contributed by atoms with Gasteiger partial charge in [0, 0.05) is 11.6 Å². The average molecular weight is 239 g/mol. The maximum Gasteiger partial charge on any atom is 0.0613 e. The predicted octanol–water partition coefficient (Wildman–Crippen LogP) is 3.10. The third-order valence-electron chi connectivity index (χ3n) is 5.35. The molecule has 2 nitrogen and oxygen atoms in total. The Hall–Kier alpha value is -0.0800. The normalized spacial score (nSPS) is 34.9. The maximum absolute atomic E-state index is 9.70. The van der Waals surface area contributed by atoms with E-state index in [9.17, 15) is 5.11 Å². The van der Waals surface area contributed by atoms with Gasteiger partial charge in [0.15, 0.2) is 0 Å². The van der Waals surface area contributed by atoms with Gasteiger partial charge in [-0.1, -0.05) is 27.2 Å². The van der Waals surface area contributed by atoms with Crippen molar-refractivity contribution in [3.05, 3.63) is 0 Å². The first-order chi connectivity index (χ1) is 8.01. The molecular formula is C15H29NO. The molecule has 2 aliphatic rings. The molecule has 100 valence electrons. The molecule has 2 saturated carbocycles. The lowest BCUT2D eigenvalue weighted by molar-refractivity contribution is 0.0600. The standard InChI is InChI=1S/C15H29NO/c1-4-14(2,3)12-7-9-15(11-17,10-8-12)16-13-5-6-13/h12-13,16-17H,4-11H2,1-3H3. The SMILES string of the molecule is CCC(C)(C)C1CCC(CO)(NC2CC2)CC1. The number of nitrogens with one attached hydrogen (secondary N) is 1. The minimum atomic E-state index is 0.0570. The molecule has 2 rings (SSSR count). The zero-order valence-corrected chi connectivity index (χ0v) is 11.8. The molecule has 0 aliphatic heterocycles. The Labute approximate surface area is 106 Å². The van der Waals surface area contributed by atoms with Crippen LogP contribution in [0.5, 0.6) is 0 Å². The zero-order chi connectivity index (χ0) is 12.5. The second kappa shape index (κ2) is 4.89. The summed E-state index contributed by atoms with van der Waals surface area (Å²) in [5.41, 5.74) is 0.530. The Morgan fingerprint density at radius 3 is 2.18 bits per heavy atom. The van der Waals surface area contributed by atoms with E-state index in [1.54, 1.807) is 0 Å². The van der Waals surface area contributed by atoms with Crippen molar-refractivity contribution in [2.75, 3.05) is 6.61 Å². The van der Waals surface area contributed by atoms with Crippen LogP contribution in [0.25, 0.3) is 0 Å². The van der Waals surface area contributed by atoms with E-state index in [1.165, 1.54) is 32.1 Å². The van der Waals surface area contributed by atoms with Crippen molar-refractivity contribution in [1.82, 2.24) is 5.32 Å². The Bertz CT molecular complexity index is 250. The van der Waals surface area contributed by atoms with E-state index in [0.717, 1.165) is 18.8 Å². The lowest BCUT2D eigenvalue weighted by Gasteiger charge is -2.45. The summed E-state index contributed by atoms with van der Waals surface area (Å²) in [6.45, 7) is 7.43. The van der Waals surface area contributed by atoms with Crippen LogP contribution in [0.2, 0.25) is 0 Å². The summed E-state index contributed by atoms with van der Waals surface area (Å²) in [4.78, 5) is 0. The first kappa shape index (κ1) is 13.4. The molecule has 2 fully saturated rings. The van der Waals surface area contributed by atoms with Crippen molar-refractivity contribution in [2.24, 2.45) is 11.3 Å². The van der Waals surface area contributed by atoms with Gasteiger partial charge in [-0.3, -0.25) is 0 Å². The van der Waals surface area contributed by atoms with Crippen molar-refractivity contribution in [3.8, 4) is 0 Å². The Balaban J connectivity index is 1.90. The van der Waals surface area contributed by atoms with Crippen LogP contribution in [-0.4, -0.2) is 23.3 Å². The van der Waals surface area contributed by atoms with Gasteiger partial charge in [0.05, 0.1) is 6.61 Å². The van der Waals surface area contributed by atoms with Gasteiger partial charge >= 0.3 is 0 Å². The van der Waals surface area contributed by atoms with Crippen LogP contribution >= 0.6 is 0 Å². The van der Waals surface area contributed by atoms with Crippen LogP contribution in [-0.2, 0) is 0 Å². The summed E-state index contributed by atoms with van der Waals surface area (Å²) in [6.07, 6.45) is 8.77. The Morgan fingerprint density at radius 1 is 1.18 bits per heavy atom. The minimum Gasteiger partial charge on any atom is -0.394 e. The highest BCUT2D eigenvalue weighted by atomic mass is 16.3. The van der Waals surface area contributed by atoms with Gasteiger partial charge in [-0.05, 0) is 49.9 Å². The molecule has 2 N–H and O–H groups in total. The second-order valence-corrected chi connectivity index (χ2v) is 6.97. The lowest BCUT2D eigenvalue weighted by atomic mass is 9.65. The van der Waals surface area contributed by atoms with Crippen molar-refractivity contribution in [3.63, 3.8) is 0 Å². The van der Waals surface area contributed by atoms with Crippen molar-refractivity contribution < 1.29 is 5.11 Å². The van der Waals surface area contributed by atoms with Gasteiger partial charge in [-0.25, -0.2) is 0 Å². The summed E-state index contributed by atoms with van der Waals surface area (Å²) in [5, 5.41) is 13.4. The molecule has 17 heavy (non-hydrogen) atoms. The molecule has 0 radical (unpaired) electrons. The topological polar surface area (TPSA) is 32.3 Å². The number of aliphatic hydroxyl groups excluding tert-OH is 1. The quantitative estimate of drug-likeness (QED) is 0.772. The summed E-state index contributed by atoms with van der Waals surface area (Å²) in [5.74, 6) is 0.841. The molecule has 0 aromatic carbocycles. The third-order valence-corrected chi connectivity index (χ3v) is 5.35. The molecule has 2 aliphatic carbocycles. The van der Waals surface area contributed by atoms with Crippen LogP contribution in [0.1, 0.15) is 65.7 Å². The number of hydrogen-bond acceptors (Lipinski definition) is 2. The zero-order valence-electron chi connectivity index (χ0n) is 11.8. The van der Waals surface area contributed by atoms with Gasteiger partial charge in [0.1, 0.15) is 0 Å². The van der Waals surface area contributed by atoms with E-state index in [0.29, 0.717) is 18.1 Å². The molecule has 0 unspecified atom stereocenters. The smallest absolute Gasteiger partial charge is 0.0613 e. The van der Waals surface area contributed by atoms with Crippen LogP contribution in [0.4, 0.5) is 0 Å². The number of aliphatic hydroxyl groups is 1. The van der Waals surface area contributed by atoms with E-state index < -0.39 is 0 Å². The molecule has 0 aromatic rings. The van der Waals surface area contributed by atoms with Gasteiger partial charge < -0.3 is 10.4 Å². The fourth-order valence-corrected chi connectivity index (χ4v) is 3.25. The molecule has 0 saturated heterocycles. The molecule has 0 atom stereocenters. The summed E-state index contributed by atoms with van der Waals surface area (Å²) < 4.78 is 0. The number of hydrogen-bond donors (Lipinski definition) is 2. The summed E-state index contributed by atoms with van der Waals surface area (Å²) >= 11 is 0. The first-order valence-electron chi connectivity index (χ1n) is 7.40. The first-order valence-corrected chi connectivity index (χ1v) is 7.40. The van der Waals surface area contributed by atoms with Gasteiger partial charge in [-0.15, -0.1) is 0 Å². The van der Waals surface area contributed by atoms with Crippen LogP contribution in [0, 0.1) is 11.3 Å². The van der Waals surface area contributed by atoms with Crippen molar-refractivity contribution in [2.45, 2.75) is 77.3 Å². The van der Waals surface area contributed by atoms with Crippen molar-refractivity contribution >= 4 is 0 Å². The van der Waals surface area contributed by atoms with Crippen LogP contribution < -0.4 is 5.32 Å². The van der Waals surface area contributed by atoms with Crippen molar-refractivity contribution in [1.29, 1.82) is 0 Å². The molecule has 0 heterocycles. The molecule has 0 bridgehead atoms. The van der Waals surface area contributed by atoms with Gasteiger partial charge in [-0.2, -0.15) is 0 Å². The van der Waals surface area contributed by atoms with Gasteiger partial charge in [0.25, 0.3) is 0 Å². The lowest BCUT2D eigenvalue weighted by Crippen LogP contribution is -2.52. The fraction of sp³-hybridized carbons (Fsp3) is 1.00. The van der Waals surface area contributed by atoms with E-state index in [-0.39, 0.29) is 5.54 Å². The van der Waals surface area contributed by atoms with E-state index in [1.807, 2.05) is 0 Å². The predicted molar refractivity (Wildman–Crippen MR) is 72.0 cm³/mol. The van der Waals surface area contributed by atoms with Crippen LogP contribution in [0.3, 0.4) is 0 Å². The highest BCUT2D eigenvalue weighted by molar-refractivity contribution is 4.99. The molecule has 2 heteroatoms. The molecule has 0 amide bonds. The van der Waals surface area contributed by atoms with E-state index in [2.05, 4.69) is 26.1 Å². The maximum atomic E-state index is 9.70. The largest absolute Gasteiger partial charge is 0.394 e. The third kappa shape index (κ3) is 3.03. The Morgan fingerprint density at radius 2 is 1.76 bits per heavy atom. The summed E-state index contributed by atoms with van der Waals surface area (Å²) in [7, 11) is 0. The second-order valence-electron chi connectivity index (χ2n) is 6.97. The molecule has 0 aromatic heterocycles. The van der Waals surface area contributed by atoms with Crippen LogP contribution in [0.15, 0.2) is 0 Å². The minimum absolute atomic E-state index is 0.0570. The highest BCUT2D eigenvalue weighted by Gasteiger charge is 2.41. The average Bonchev–Trinajstić information content (AvgIpc) is 3.13. The number of rotatable bonds is 5. The van der Waals surface area contributed by atoms with E-state index >= 15 is 0 Å². The highest BCUT2D eigenvalue weighted by Crippen LogP contribution is 2.44. The van der Waals surface area contributed by atoms with E-state index in [4.69, 9.17) is 0 Å². The fourth-order valence-electron chi connectivity index (χ4n) is 3.25. The molecular weight excluding hydrogens is 210 g/mol. The molecule has 0 spiro atoms.